The van der Waals surface area contributed by atoms with Crippen molar-refractivity contribution in [3.8, 4) is 11.5 Å². The zero-order valence-corrected chi connectivity index (χ0v) is 14.0. The summed E-state index contributed by atoms with van der Waals surface area (Å²) in [7, 11) is 4.79. The number of anilines is 1. The van der Waals surface area contributed by atoms with Gasteiger partial charge in [-0.1, -0.05) is 11.6 Å². The van der Waals surface area contributed by atoms with E-state index in [0.717, 1.165) is 18.5 Å². The van der Waals surface area contributed by atoms with Crippen LogP contribution >= 0.6 is 11.6 Å². The number of H-pyrrole nitrogens is 1. The van der Waals surface area contributed by atoms with E-state index in [0.29, 0.717) is 28.1 Å². The Morgan fingerprint density at radius 3 is 2.61 bits per heavy atom. The standard InChI is InChI=1S/C16H18ClN3O3/c1-20(10-6-7-11(22-2)12(8-10)23-3)16(21)15-13(17)14(18-19-15)9-4-5-9/h6-9H,4-5H2,1-3H3,(H,18,19). The van der Waals surface area contributed by atoms with Crippen molar-refractivity contribution in [2.75, 3.05) is 26.2 Å². The normalized spacial score (nSPS) is 13.7. The molecule has 7 heteroatoms. The van der Waals surface area contributed by atoms with Crippen molar-refractivity contribution in [1.29, 1.82) is 0 Å². The fraction of sp³-hybridized carbons (Fsp3) is 0.375. The summed E-state index contributed by atoms with van der Waals surface area (Å²) in [5.41, 5.74) is 1.77. The number of hydrogen-bond donors (Lipinski definition) is 1. The number of methoxy groups -OCH3 is 2. The van der Waals surface area contributed by atoms with Crippen LogP contribution in [0.2, 0.25) is 5.02 Å². The molecule has 6 nitrogen and oxygen atoms in total. The number of hydrogen-bond acceptors (Lipinski definition) is 4. The van der Waals surface area contributed by atoms with Crippen molar-refractivity contribution >= 4 is 23.2 Å². The van der Waals surface area contributed by atoms with Crippen LogP contribution in [0.3, 0.4) is 0 Å². The molecule has 1 N–H and O–H groups in total. The second-order valence-corrected chi connectivity index (χ2v) is 5.86. The van der Waals surface area contributed by atoms with Gasteiger partial charge in [0.1, 0.15) is 0 Å². The predicted octanol–water partition coefficient (Wildman–Crippen LogP) is 3.23. The molecule has 0 radical (unpaired) electrons. The van der Waals surface area contributed by atoms with Crippen LogP contribution in [0, 0.1) is 0 Å². The van der Waals surface area contributed by atoms with Crippen LogP contribution in [-0.4, -0.2) is 37.4 Å². The molecule has 0 spiro atoms. The molecule has 1 aliphatic carbocycles. The number of carbonyl (C=O) groups is 1. The van der Waals surface area contributed by atoms with Crippen LogP contribution < -0.4 is 14.4 Å². The Labute approximate surface area is 139 Å². The van der Waals surface area contributed by atoms with Crippen molar-refractivity contribution in [1.82, 2.24) is 10.2 Å². The number of halogens is 1. The molecule has 1 amide bonds. The molecule has 0 unspecified atom stereocenters. The number of amides is 1. The Kier molecular flexibility index (Phi) is 4.17. The van der Waals surface area contributed by atoms with E-state index in [1.165, 1.54) is 4.90 Å². The Morgan fingerprint density at radius 2 is 2.00 bits per heavy atom. The first-order valence-corrected chi connectivity index (χ1v) is 7.68. The van der Waals surface area contributed by atoms with Gasteiger partial charge in [0.15, 0.2) is 17.2 Å². The molecule has 3 rings (SSSR count). The van der Waals surface area contributed by atoms with Crippen molar-refractivity contribution in [3.63, 3.8) is 0 Å². The van der Waals surface area contributed by atoms with Crippen molar-refractivity contribution in [2.45, 2.75) is 18.8 Å². The summed E-state index contributed by atoms with van der Waals surface area (Å²) in [6.07, 6.45) is 2.17. The second-order valence-electron chi connectivity index (χ2n) is 5.48. The maximum atomic E-state index is 12.7. The fourth-order valence-electron chi connectivity index (χ4n) is 2.44. The van der Waals surface area contributed by atoms with Gasteiger partial charge >= 0.3 is 0 Å². The Balaban J connectivity index is 1.87. The van der Waals surface area contributed by atoms with Crippen LogP contribution in [0.1, 0.15) is 34.9 Å². The first-order chi connectivity index (χ1) is 11.1. The molecule has 0 bridgehead atoms. The molecule has 1 aromatic carbocycles. The van der Waals surface area contributed by atoms with Gasteiger partial charge in [-0.05, 0) is 25.0 Å². The van der Waals surface area contributed by atoms with Gasteiger partial charge in [0.2, 0.25) is 0 Å². The van der Waals surface area contributed by atoms with E-state index in [1.807, 2.05) is 0 Å². The summed E-state index contributed by atoms with van der Waals surface area (Å²) in [6, 6.07) is 5.26. The monoisotopic (exact) mass is 335 g/mol. The molecule has 1 aromatic heterocycles. The predicted molar refractivity (Wildman–Crippen MR) is 87.9 cm³/mol. The smallest absolute Gasteiger partial charge is 0.280 e. The third-order valence-corrected chi connectivity index (χ3v) is 4.36. The van der Waals surface area contributed by atoms with Crippen LogP contribution in [0.4, 0.5) is 5.69 Å². The molecule has 1 saturated carbocycles. The number of nitrogens with zero attached hydrogens (tertiary/aromatic N) is 2. The highest BCUT2D eigenvalue weighted by Crippen LogP contribution is 2.43. The van der Waals surface area contributed by atoms with Gasteiger partial charge < -0.3 is 14.4 Å². The quantitative estimate of drug-likeness (QED) is 0.910. The van der Waals surface area contributed by atoms with Crippen LogP contribution in [0.25, 0.3) is 0 Å². The second kappa shape index (κ2) is 6.12. The van der Waals surface area contributed by atoms with Crippen LogP contribution in [0.15, 0.2) is 18.2 Å². The van der Waals surface area contributed by atoms with Gasteiger partial charge in [0.05, 0.1) is 24.9 Å². The minimum atomic E-state index is -0.273. The molecule has 0 saturated heterocycles. The van der Waals surface area contributed by atoms with Crippen LogP contribution in [-0.2, 0) is 0 Å². The van der Waals surface area contributed by atoms with E-state index < -0.39 is 0 Å². The number of aromatic nitrogens is 2. The highest BCUT2D eigenvalue weighted by Gasteiger charge is 2.31. The minimum Gasteiger partial charge on any atom is -0.493 e. The lowest BCUT2D eigenvalue weighted by atomic mass is 10.2. The molecule has 122 valence electrons. The lowest BCUT2D eigenvalue weighted by molar-refractivity contribution is 0.0988. The molecule has 1 fully saturated rings. The molecule has 23 heavy (non-hydrogen) atoms. The van der Waals surface area contributed by atoms with E-state index in [9.17, 15) is 4.79 Å². The van der Waals surface area contributed by atoms with E-state index in [-0.39, 0.29) is 11.6 Å². The average molecular weight is 336 g/mol. The fourth-order valence-corrected chi connectivity index (χ4v) is 2.76. The van der Waals surface area contributed by atoms with Crippen molar-refractivity contribution in [2.24, 2.45) is 0 Å². The first-order valence-electron chi connectivity index (χ1n) is 7.30. The molecular formula is C16H18ClN3O3. The van der Waals surface area contributed by atoms with E-state index >= 15 is 0 Å². The first kappa shape index (κ1) is 15.7. The largest absolute Gasteiger partial charge is 0.493 e. The van der Waals surface area contributed by atoms with Gasteiger partial charge in [-0.15, -0.1) is 0 Å². The van der Waals surface area contributed by atoms with E-state index in [4.69, 9.17) is 21.1 Å². The SMILES string of the molecule is COc1ccc(N(C)C(=O)c2n[nH]c(C3CC3)c2Cl)cc1OC. The van der Waals surface area contributed by atoms with Gasteiger partial charge in [-0.2, -0.15) is 5.10 Å². The number of ether oxygens (including phenoxy) is 2. The summed E-state index contributed by atoms with van der Waals surface area (Å²) < 4.78 is 10.5. The molecular weight excluding hydrogens is 318 g/mol. The molecule has 0 atom stereocenters. The highest BCUT2D eigenvalue weighted by molar-refractivity contribution is 6.35. The summed E-state index contributed by atoms with van der Waals surface area (Å²) in [6.45, 7) is 0. The maximum absolute atomic E-state index is 12.7. The molecule has 1 heterocycles. The number of rotatable bonds is 5. The van der Waals surface area contributed by atoms with E-state index in [1.54, 1.807) is 39.5 Å². The van der Waals surface area contributed by atoms with Gasteiger partial charge in [0, 0.05) is 24.7 Å². The summed E-state index contributed by atoms with van der Waals surface area (Å²) in [4.78, 5) is 14.2. The van der Waals surface area contributed by atoms with Crippen LogP contribution in [0.5, 0.6) is 11.5 Å². The summed E-state index contributed by atoms with van der Waals surface area (Å²) in [5.74, 6) is 1.29. The third kappa shape index (κ3) is 2.86. The third-order valence-electron chi connectivity index (χ3n) is 3.98. The lowest BCUT2D eigenvalue weighted by Gasteiger charge is -2.18. The van der Waals surface area contributed by atoms with Crippen molar-refractivity contribution in [3.05, 3.63) is 34.6 Å². The number of carbonyl (C=O) groups excluding carboxylic acids is 1. The number of aromatic amines is 1. The highest BCUT2D eigenvalue weighted by atomic mass is 35.5. The van der Waals surface area contributed by atoms with Crippen molar-refractivity contribution < 1.29 is 14.3 Å². The molecule has 0 aliphatic heterocycles. The summed E-state index contributed by atoms with van der Waals surface area (Å²) >= 11 is 6.31. The summed E-state index contributed by atoms with van der Waals surface area (Å²) in [5, 5.41) is 7.41. The Morgan fingerprint density at radius 1 is 1.30 bits per heavy atom. The zero-order valence-electron chi connectivity index (χ0n) is 13.2. The topological polar surface area (TPSA) is 67.5 Å². The maximum Gasteiger partial charge on any atom is 0.280 e. The van der Waals surface area contributed by atoms with Gasteiger partial charge in [0.25, 0.3) is 5.91 Å². The lowest BCUT2D eigenvalue weighted by Crippen LogP contribution is -2.26. The Bertz CT molecular complexity index is 740. The number of nitrogens with one attached hydrogen (secondary N) is 1. The molecule has 2 aromatic rings. The van der Waals surface area contributed by atoms with Gasteiger partial charge in [-0.3, -0.25) is 9.89 Å². The minimum absolute atomic E-state index is 0.242. The molecule has 1 aliphatic rings. The van der Waals surface area contributed by atoms with Gasteiger partial charge in [-0.25, -0.2) is 0 Å². The number of benzene rings is 1. The zero-order chi connectivity index (χ0) is 16.6. The Hall–Kier alpha value is -2.21. The van der Waals surface area contributed by atoms with E-state index in [2.05, 4.69) is 10.2 Å². The average Bonchev–Trinajstić information content (AvgIpc) is 3.35.